The fourth-order valence-electron chi connectivity index (χ4n) is 5.90. The Kier molecular flexibility index (Phi) is 6.26. The first-order valence-corrected chi connectivity index (χ1v) is 13.0. The van der Waals surface area contributed by atoms with Crippen LogP contribution in [0.25, 0.3) is 33.1 Å². The summed E-state index contributed by atoms with van der Waals surface area (Å²) in [6.45, 7) is 5.30. The molecule has 2 aromatic carbocycles. The molecule has 6 rings (SSSR count). The van der Waals surface area contributed by atoms with Crippen molar-refractivity contribution in [3.05, 3.63) is 83.4 Å². The van der Waals surface area contributed by atoms with Crippen molar-refractivity contribution in [2.75, 3.05) is 13.2 Å². The molecule has 0 saturated carbocycles. The van der Waals surface area contributed by atoms with E-state index in [1.165, 1.54) is 5.56 Å². The second-order valence-electron chi connectivity index (χ2n) is 9.96. The van der Waals surface area contributed by atoms with Crippen LogP contribution < -0.4 is 0 Å². The van der Waals surface area contributed by atoms with Crippen LogP contribution in [0.1, 0.15) is 52.7 Å². The van der Waals surface area contributed by atoms with Crippen LogP contribution in [0.2, 0.25) is 0 Å². The molecule has 1 fully saturated rings. The highest BCUT2D eigenvalue weighted by Gasteiger charge is 2.30. The summed E-state index contributed by atoms with van der Waals surface area (Å²) < 4.78 is 13.6. The number of hydrogen-bond donors (Lipinski definition) is 0. The van der Waals surface area contributed by atoms with Gasteiger partial charge in [0.2, 0.25) is 0 Å². The molecule has 0 bridgehead atoms. The van der Waals surface area contributed by atoms with Crippen molar-refractivity contribution in [2.24, 2.45) is 5.92 Å². The summed E-state index contributed by atoms with van der Waals surface area (Å²) in [5.74, 6) is 0.906. The zero-order valence-electron chi connectivity index (χ0n) is 21.5. The van der Waals surface area contributed by atoms with Gasteiger partial charge in [0.15, 0.2) is 5.78 Å². The maximum Gasteiger partial charge on any atom is 0.176 e. The number of pyridine rings is 1. The summed E-state index contributed by atoms with van der Waals surface area (Å²) in [6.07, 6.45) is 3.59. The van der Waals surface area contributed by atoms with E-state index in [0.717, 1.165) is 70.6 Å². The molecule has 1 saturated heterocycles. The zero-order valence-corrected chi connectivity index (χ0v) is 21.5. The van der Waals surface area contributed by atoms with E-state index in [1.807, 2.05) is 50.4 Å². The third kappa shape index (κ3) is 4.07. The molecule has 0 N–H and O–H groups in total. The average molecular weight is 505 g/mol. The average Bonchev–Trinajstić information content (AvgIpc) is 3.45. The van der Waals surface area contributed by atoms with E-state index in [-0.39, 0.29) is 18.2 Å². The normalized spacial score (nSPS) is 15.1. The number of ketones is 1. The molecule has 3 aromatic heterocycles. The summed E-state index contributed by atoms with van der Waals surface area (Å²) in [4.78, 5) is 17.7. The second kappa shape index (κ2) is 9.88. The third-order valence-corrected chi connectivity index (χ3v) is 7.65. The smallest absolute Gasteiger partial charge is 0.176 e. The number of rotatable bonds is 6. The zero-order chi connectivity index (χ0) is 26.2. The molecule has 1 atom stereocenters. The van der Waals surface area contributed by atoms with E-state index in [1.54, 1.807) is 0 Å². The Hall–Kier alpha value is -4.28. The van der Waals surface area contributed by atoms with Crippen LogP contribution in [0.3, 0.4) is 0 Å². The summed E-state index contributed by atoms with van der Waals surface area (Å²) in [5, 5.41) is 14.3. The van der Waals surface area contributed by atoms with Gasteiger partial charge in [-0.3, -0.25) is 9.78 Å². The van der Waals surface area contributed by atoms with Gasteiger partial charge in [-0.1, -0.05) is 41.6 Å². The molecule has 5 aromatic rings. The van der Waals surface area contributed by atoms with Crippen LogP contribution in [-0.4, -0.2) is 33.7 Å². The maximum absolute atomic E-state index is 12.8. The number of carbonyl (C=O) groups is 1. The van der Waals surface area contributed by atoms with Crippen molar-refractivity contribution in [2.45, 2.75) is 39.2 Å². The SMILES string of the molecule is Cc1noc(C)c1-c1cnc2c3ccc(C(=O)CC#N)cc3n(C(c3ccccc3)C3CCOCC3)c2c1. The fourth-order valence-corrected chi connectivity index (χ4v) is 5.90. The molecule has 190 valence electrons. The molecular formula is C31H28N4O3. The minimum absolute atomic E-state index is 0.0168. The van der Waals surface area contributed by atoms with E-state index >= 15 is 0 Å². The minimum Gasteiger partial charge on any atom is -0.381 e. The first-order chi connectivity index (χ1) is 18.6. The Balaban J connectivity index is 1.67. The lowest BCUT2D eigenvalue weighted by atomic mass is 9.86. The van der Waals surface area contributed by atoms with Gasteiger partial charge in [0.05, 0.1) is 40.8 Å². The van der Waals surface area contributed by atoms with E-state index in [2.05, 4.69) is 40.1 Å². The van der Waals surface area contributed by atoms with Crippen LogP contribution in [0.5, 0.6) is 0 Å². The van der Waals surface area contributed by atoms with Crippen LogP contribution in [-0.2, 0) is 4.74 Å². The van der Waals surface area contributed by atoms with Gasteiger partial charge >= 0.3 is 0 Å². The third-order valence-electron chi connectivity index (χ3n) is 7.65. The molecule has 0 amide bonds. The Morgan fingerprint density at radius 3 is 2.61 bits per heavy atom. The number of carbonyl (C=O) groups excluding carboxylic acids is 1. The van der Waals surface area contributed by atoms with Gasteiger partial charge in [0.1, 0.15) is 5.76 Å². The number of ether oxygens (including phenoxy) is 1. The van der Waals surface area contributed by atoms with Crippen LogP contribution in [0.15, 0.2) is 65.3 Å². The van der Waals surface area contributed by atoms with E-state index in [0.29, 0.717) is 11.5 Å². The molecule has 0 aliphatic carbocycles. The molecule has 0 spiro atoms. The molecule has 38 heavy (non-hydrogen) atoms. The van der Waals surface area contributed by atoms with E-state index in [4.69, 9.17) is 19.5 Å². The topological polar surface area (TPSA) is 93.9 Å². The highest BCUT2D eigenvalue weighted by molar-refractivity contribution is 6.09. The molecule has 1 aliphatic heterocycles. The molecule has 4 heterocycles. The summed E-state index contributed by atoms with van der Waals surface area (Å²) in [7, 11) is 0. The number of Topliss-reactive ketones (excluding diaryl/α,β-unsaturated/α-hetero) is 1. The Morgan fingerprint density at radius 2 is 1.89 bits per heavy atom. The standard InChI is InChI=1S/C31H28N4O3/c1-19-29(20(2)38-34-19)24-17-27-30(33-18-24)25-9-8-23(28(36)10-13-32)16-26(25)35(27)31(21-6-4-3-5-7-21)22-11-14-37-15-12-22/h3-9,16-18,22,31H,10-12,14-15H2,1-2H3. The largest absolute Gasteiger partial charge is 0.381 e. The number of benzene rings is 2. The van der Waals surface area contributed by atoms with E-state index < -0.39 is 0 Å². The minimum atomic E-state index is -0.182. The summed E-state index contributed by atoms with van der Waals surface area (Å²) in [5.41, 5.74) is 7.25. The Labute approximate surface area is 220 Å². The lowest BCUT2D eigenvalue weighted by Gasteiger charge is -2.33. The number of aromatic nitrogens is 3. The van der Waals surface area contributed by atoms with Gasteiger partial charge < -0.3 is 13.8 Å². The first-order valence-electron chi connectivity index (χ1n) is 13.0. The van der Waals surface area contributed by atoms with Gasteiger partial charge in [-0.25, -0.2) is 0 Å². The number of nitriles is 1. The molecule has 7 nitrogen and oxygen atoms in total. The Morgan fingerprint density at radius 1 is 1.11 bits per heavy atom. The summed E-state index contributed by atoms with van der Waals surface area (Å²) >= 11 is 0. The lowest BCUT2D eigenvalue weighted by Crippen LogP contribution is -2.27. The summed E-state index contributed by atoms with van der Waals surface area (Å²) in [6, 6.07) is 20.4. The molecule has 0 radical (unpaired) electrons. The maximum atomic E-state index is 12.8. The van der Waals surface area contributed by atoms with Gasteiger partial charge in [-0.15, -0.1) is 0 Å². The Bertz CT molecular complexity index is 1670. The van der Waals surface area contributed by atoms with Gasteiger partial charge in [0.25, 0.3) is 0 Å². The predicted molar refractivity (Wildman–Crippen MR) is 145 cm³/mol. The molecular weight excluding hydrogens is 476 g/mol. The van der Waals surface area contributed by atoms with Gasteiger partial charge in [-0.2, -0.15) is 5.26 Å². The van der Waals surface area contributed by atoms with Crippen molar-refractivity contribution in [3.63, 3.8) is 0 Å². The highest BCUT2D eigenvalue weighted by atomic mass is 16.5. The molecule has 7 heteroatoms. The van der Waals surface area contributed by atoms with Crippen molar-refractivity contribution in [1.29, 1.82) is 5.26 Å². The van der Waals surface area contributed by atoms with Crippen molar-refractivity contribution in [3.8, 4) is 17.2 Å². The lowest BCUT2D eigenvalue weighted by molar-refractivity contribution is 0.0553. The number of aryl methyl sites for hydroxylation is 2. The van der Waals surface area contributed by atoms with Gasteiger partial charge in [-0.05, 0) is 56.4 Å². The van der Waals surface area contributed by atoms with Crippen LogP contribution in [0, 0.1) is 31.1 Å². The van der Waals surface area contributed by atoms with Crippen LogP contribution >= 0.6 is 0 Å². The van der Waals surface area contributed by atoms with Crippen LogP contribution in [0.4, 0.5) is 0 Å². The number of fused-ring (bicyclic) bond motifs is 3. The van der Waals surface area contributed by atoms with Crippen molar-refractivity contribution < 1.29 is 14.1 Å². The highest BCUT2D eigenvalue weighted by Crippen LogP contribution is 2.41. The predicted octanol–water partition coefficient (Wildman–Crippen LogP) is 6.57. The second-order valence-corrected chi connectivity index (χ2v) is 9.96. The molecule has 1 unspecified atom stereocenters. The number of hydrogen-bond acceptors (Lipinski definition) is 6. The quantitative estimate of drug-likeness (QED) is 0.243. The fraction of sp³-hybridized carbons (Fsp3) is 0.290. The van der Waals surface area contributed by atoms with Gasteiger partial charge in [0, 0.05) is 41.5 Å². The van der Waals surface area contributed by atoms with E-state index in [9.17, 15) is 4.79 Å². The molecule has 1 aliphatic rings. The monoisotopic (exact) mass is 504 g/mol. The van der Waals surface area contributed by atoms with Crippen molar-refractivity contribution in [1.82, 2.24) is 14.7 Å². The first kappa shape index (κ1) is 24.1. The number of nitrogens with zero attached hydrogens (tertiary/aromatic N) is 4. The van der Waals surface area contributed by atoms with Crippen molar-refractivity contribution >= 4 is 27.7 Å².